The highest BCUT2D eigenvalue weighted by molar-refractivity contribution is 5.86. The highest BCUT2D eigenvalue weighted by Crippen LogP contribution is 2.65. The van der Waals surface area contributed by atoms with E-state index in [1.807, 2.05) is 13.0 Å². The Morgan fingerprint density at radius 1 is 1.48 bits per heavy atom. The van der Waals surface area contributed by atoms with Crippen LogP contribution in [0.1, 0.15) is 59.3 Å². The van der Waals surface area contributed by atoms with Crippen molar-refractivity contribution in [2.45, 2.75) is 64.9 Å². The van der Waals surface area contributed by atoms with Crippen LogP contribution >= 0.6 is 0 Å². The molecule has 2 aliphatic carbocycles. The number of esters is 1. The molecule has 5 nitrogen and oxygen atoms in total. The quantitative estimate of drug-likeness (QED) is 0.588. The molecule has 25 heavy (non-hydrogen) atoms. The summed E-state index contributed by atoms with van der Waals surface area (Å²) in [5.74, 6) is -0.507. The van der Waals surface area contributed by atoms with Crippen LogP contribution in [-0.4, -0.2) is 34.4 Å². The lowest BCUT2D eigenvalue weighted by Crippen LogP contribution is -2.61. The molecule has 0 aromatic rings. The topological polar surface area (TPSA) is 83.8 Å². The number of carbonyl (C=O) groups is 2. The summed E-state index contributed by atoms with van der Waals surface area (Å²) in [4.78, 5) is 23.2. The molecular formula is C20H30O5. The van der Waals surface area contributed by atoms with Crippen LogP contribution in [0.4, 0.5) is 0 Å². The molecule has 1 saturated carbocycles. The molecule has 2 N–H and O–H groups in total. The van der Waals surface area contributed by atoms with E-state index < -0.39 is 23.0 Å². The first kappa shape index (κ1) is 18.4. The molecule has 3 rings (SSSR count). The maximum atomic E-state index is 12.3. The van der Waals surface area contributed by atoms with Crippen LogP contribution in [0.3, 0.4) is 0 Å². The Balaban J connectivity index is 1.88. The molecule has 3 aliphatic rings. The number of carboxylic acids is 1. The van der Waals surface area contributed by atoms with Gasteiger partial charge in [-0.15, -0.1) is 0 Å². The Labute approximate surface area is 149 Å². The Kier molecular flexibility index (Phi) is 4.51. The number of aliphatic hydroxyl groups is 1. The van der Waals surface area contributed by atoms with Gasteiger partial charge in [0.25, 0.3) is 0 Å². The molecule has 6 unspecified atom stereocenters. The van der Waals surface area contributed by atoms with Crippen molar-refractivity contribution in [1.29, 1.82) is 0 Å². The van der Waals surface area contributed by atoms with E-state index in [0.29, 0.717) is 12.5 Å². The molecule has 0 aromatic heterocycles. The van der Waals surface area contributed by atoms with Crippen molar-refractivity contribution in [1.82, 2.24) is 0 Å². The second-order valence-corrected chi connectivity index (χ2v) is 8.88. The Morgan fingerprint density at radius 2 is 2.20 bits per heavy atom. The first-order chi connectivity index (χ1) is 11.7. The fourth-order valence-electron chi connectivity index (χ4n) is 5.68. The smallest absolute Gasteiger partial charge is 0.342 e. The molecule has 0 amide bonds. The SMILES string of the molecule is CC(CCC1(C)C(C)CCC23COC(=O)C2(O)C=CCC13)CC(=O)O. The van der Waals surface area contributed by atoms with E-state index in [1.54, 1.807) is 6.08 Å². The third-order valence-corrected chi connectivity index (χ3v) is 7.57. The molecule has 1 aliphatic heterocycles. The summed E-state index contributed by atoms with van der Waals surface area (Å²) in [7, 11) is 0. The number of allylic oxidation sites excluding steroid dienone is 1. The lowest BCUT2D eigenvalue weighted by molar-refractivity contribution is -0.164. The maximum Gasteiger partial charge on any atom is 0.342 e. The first-order valence-electron chi connectivity index (χ1n) is 9.45. The van der Waals surface area contributed by atoms with Crippen LogP contribution < -0.4 is 0 Å². The van der Waals surface area contributed by atoms with E-state index in [-0.39, 0.29) is 23.7 Å². The molecule has 0 bridgehead atoms. The summed E-state index contributed by atoms with van der Waals surface area (Å²) in [5, 5.41) is 20.2. The maximum absolute atomic E-state index is 12.3. The van der Waals surface area contributed by atoms with E-state index in [4.69, 9.17) is 9.84 Å². The molecule has 1 heterocycles. The second kappa shape index (κ2) is 6.11. The summed E-state index contributed by atoms with van der Waals surface area (Å²) in [5.41, 5.74) is -2.07. The number of hydrogen-bond acceptors (Lipinski definition) is 4. The van der Waals surface area contributed by atoms with E-state index in [0.717, 1.165) is 32.1 Å². The number of aliphatic carboxylic acids is 1. The first-order valence-corrected chi connectivity index (χ1v) is 9.45. The van der Waals surface area contributed by atoms with Gasteiger partial charge in [-0.3, -0.25) is 4.79 Å². The molecule has 6 atom stereocenters. The number of ether oxygens (including phenoxy) is 1. The molecule has 2 fully saturated rings. The van der Waals surface area contributed by atoms with Crippen LogP contribution in [-0.2, 0) is 14.3 Å². The average molecular weight is 350 g/mol. The summed E-state index contributed by atoms with van der Waals surface area (Å²) in [6, 6.07) is 0. The van der Waals surface area contributed by atoms with Gasteiger partial charge in [-0.1, -0.05) is 26.8 Å². The van der Waals surface area contributed by atoms with Crippen molar-refractivity contribution in [3.8, 4) is 0 Å². The molecule has 5 heteroatoms. The van der Waals surface area contributed by atoms with Gasteiger partial charge in [0.2, 0.25) is 0 Å². The zero-order valence-corrected chi connectivity index (χ0v) is 15.5. The van der Waals surface area contributed by atoms with Crippen LogP contribution in [0.5, 0.6) is 0 Å². The van der Waals surface area contributed by atoms with Crippen molar-refractivity contribution in [3.05, 3.63) is 12.2 Å². The Morgan fingerprint density at radius 3 is 2.88 bits per heavy atom. The Bertz CT molecular complexity index is 599. The average Bonchev–Trinajstić information content (AvgIpc) is 2.80. The minimum absolute atomic E-state index is 0.0439. The minimum atomic E-state index is -1.50. The monoisotopic (exact) mass is 350 g/mol. The van der Waals surface area contributed by atoms with Gasteiger partial charge in [0.05, 0.1) is 5.41 Å². The number of cyclic esters (lactones) is 1. The molecule has 1 saturated heterocycles. The summed E-state index contributed by atoms with van der Waals surface area (Å²) < 4.78 is 5.35. The van der Waals surface area contributed by atoms with E-state index in [2.05, 4.69) is 13.8 Å². The standard InChI is InChI=1S/C20H30O5/c1-13(11-16(21)22)6-9-18(3)14(2)7-10-19-12-25-17(23)20(19,24)8-4-5-15(18)19/h4,8,13-15,24H,5-7,9-12H2,1-3H3,(H,21,22). The highest BCUT2D eigenvalue weighted by Gasteiger charge is 2.69. The van der Waals surface area contributed by atoms with Gasteiger partial charge >= 0.3 is 11.9 Å². The molecule has 0 aromatic carbocycles. The zero-order valence-electron chi connectivity index (χ0n) is 15.5. The molecule has 140 valence electrons. The van der Waals surface area contributed by atoms with Gasteiger partial charge in [-0.05, 0) is 61.3 Å². The lowest BCUT2D eigenvalue weighted by Gasteiger charge is -2.59. The van der Waals surface area contributed by atoms with Gasteiger partial charge < -0.3 is 14.9 Å². The summed E-state index contributed by atoms with van der Waals surface area (Å²) >= 11 is 0. The van der Waals surface area contributed by atoms with Gasteiger partial charge in [-0.25, -0.2) is 4.79 Å². The summed E-state index contributed by atoms with van der Waals surface area (Å²) in [6.45, 7) is 6.80. The van der Waals surface area contributed by atoms with Crippen molar-refractivity contribution < 1.29 is 24.5 Å². The highest BCUT2D eigenvalue weighted by atomic mass is 16.6. The van der Waals surface area contributed by atoms with Crippen LogP contribution in [0.2, 0.25) is 0 Å². The molecule has 0 radical (unpaired) electrons. The fourth-order valence-corrected chi connectivity index (χ4v) is 5.68. The third-order valence-electron chi connectivity index (χ3n) is 7.57. The number of carbonyl (C=O) groups excluding carboxylic acids is 1. The molecular weight excluding hydrogens is 320 g/mol. The number of carboxylic acid groups (broad SMARTS) is 1. The Hall–Kier alpha value is -1.36. The number of rotatable bonds is 5. The minimum Gasteiger partial charge on any atom is -0.481 e. The zero-order chi connectivity index (χ0) is 18.5. The van der Waals surface area contributed by atoms with Gasteiger partial charge in [0.15, 0.2) is 5.60 Å². The summed E-state index contributed by atoms with van der Waals surface area (Å²) in [6.07, 6.45) is 8.12. The van der Waals surface area contributed by atoms with Crippen molar-refractivity contribution in [2.75, 3.05) is 6.61 Å². The van der Waals surface area contributed by atoms with E-state index in [1.165, 1.54) is 0 Å². The van der Waals surface area contributed by atoms with E-state index in [9.17, 15) is 14.7 Å². The van der Waals surface area contributed by atoms with Crippen molar-refractivity contribution >= 4 is 11.9 Å². The predicted molar refractivity (Wildman–Crippen MR) is 92.7 cm³/mol. The van der Waals surface area contributed by atoms with Gasteiger partial charge in [0, 0.05) is 6.42 Å². The largest absolute Gasteiger partial charge is 0.481 e. The second-order valence-electron chi connectivity index (χ2n) is 8.88. The van der Waals surface area contributed by atoms with Crippen molar-refractivity contribution in [2.24, 2.45) is 28.6 Å². The van der Waals surface area contributed by atoms with Crippen LogP contribution in [0.25, 0.3) is 0 Å². The van der Waals surface area contributed by atoms with Crippen LogP contribution in [0, 0.1) is 28.6 Å². The van der Waals surface area contributed by atoms with Crippen molar-refractivity contribution in [3.63, 3.8) is 0 Å². The fraction of sp³-hybridized carbons (Fsp3) is 0.800. The number of hydrogen-bond donors (Lipinski definition) is 2. The van der Waals surface area contributed by atoms with E-state index >= 15 is 0 Å². The lowest BCUT2D eigenvalue weighted by atomic mass is 9.44. The molecule has 1 spiro atoms. The van der Waals surface area contributed by atoms with Gasteiger partial charge in [0.1, 0.15) is 6.61 Å². The third kappa shape index (κ3) is 2.62. The normalized spacial score (nSPS) is 43.9. The predicted octanol–water partition coefficient (Wildman–Crippen LogP) is 3.16. The van der Waals surface area contributed by atoms with Crippen LogP contribution in [0.15, 0.2) is 12.2 Å². The van der Waals surface area contributed by atoms with Gasteiger partial charge in [-0.2, -0.15) is 0 Å².